The average molecular weight is 299 g/mol. The maximum Gasteiger partial charge on any atom is 0.272 e. The topological polar surface area (TPSA) is 80.2 Å². The molecule has 0 unspecified atom stereocenters. The zero-order valence-corrected chi connectivity index (χ0v) is 12.1. The zero-order valence-electron chi connectivity index (χ0n) is 12.1. The van der Waals surface area contributed by atoms with Crippen molar-refractivity contribution < 1.29 is 9.53 Å². The maximum atomic E-state index is 12.4. The summed E-state index contributed by atoms with van der Waals surface area (Å²) in [6, 6.07) is 5.53. The third-order valence-electron chi connectivity index (χ3n) is 3.38. The summed E-state index contributed by atoms with van der Waals surface area (Å²) in [6.07, 6.45) is 4.92. The lowest BCUT2D eigenvalue weighted by atomic mass is 10.3. The van der Waals surface area contributed by atoms with Gasteiger partial charge in [-0.2, -0.15) is 0 Å². The highest BCUT2D eigenvalue weighted by molar-refractivity contribution is 5.92. The van der Waals surface area contributed by atoms with Crippen LogP contribution in [-0.2, 0) is 11.3 Å². The van der Waals surface area contributed by atoms with E-state index in [0.29, 0.717) is 44.4 Å². The lowest BCUT2D eigenvalue weighted by molar-refractivity contribution is 0.0299. The fourth-order valence-corrected chi connectivity index (χ4v) is 2.19. The first-order valence-electron chi connectivity index (χ1n) is 7.15. The number of morpholine rings is 1. The third-order valence-corrected chi connectivity index (χ3v) is 3.38. The first kappa shape index (κ1) is 14.4. The minimum Gasteiger partial charge on any atom is -0.378 e. The van der Waals surface area contributed by atoms with Crippen LogP contribution in [-0.4, -0.2) is 52.1 Å². The molecule has 0 aliphatic carbocycles. The van der Waals surface area contributed by atoms with E-state index in [1.807, 2.05) is 12.1 Å². The van der Waals surface area contributed by atoms with Gasteiger partial charge in [0.2, 0.25) is 0 Å². The van der Waals surface area contributed by atoms with Crippen LogP contribution in [0.3, 0.4) is 0 Å². The molecule has 1 aliphatic rings. The Morgan fingerprint density at radius 3 is 2.95 bits per heavy atom. The molecule has 1 aliphatic heterocycles. The quantitative estimate of drug-likeness (QED) is 0.905. The second-order valence-electron chi connectivity index (χ2n) is 4.91. The Morgan fingerprint density at radius 2 is 2.18 bits per heavy atom. The van der Waals surface area contributed by atoms with Gasteiger partial charge in [0.1, 0.15) is 17.8 Å². The largest absolute Gasteiger partial charge is 0.378 e. The van der Waals surface area contributed by atoms with Crippen LogP contribution >= 0.6 is 0 Å². The summed E-state index contributed by atoms with van der Waals surface area (Å²) in [5.41, 5.74) is 1.44. The molecule has 114 valence electrons. The van der Waals surface area contributed by atoms with Gasteiger partial charge < -0.3 is 15.0 Å². The van der Waals surface area contributed by atoms with Crippen molar-refractivity contribution in [2.24, 2.45) is 0 Å². The number of carbonyl (C=O) groups is 1. The standard InChI is InChI=1S/C15H17N5O2/c21-15(20-4-6-22-7-5-20)13-8-14(19-11-18-13)17-10-12-2-1-3-16-9-12/h1-3,8-9,11H,4-7,10H2,(H,17,18,19). The summed E-state index contributed by atoms with van der Waals surface area (Å²) in [5, 5.41) is 3.17. The summed E-state index contributed by atoms with van der Waals surface area (Å²) in [7, 11) is 0. The molecule has 0 radical (unpaired) electrons. The van der Waals surface area contributed by atoms with E-state index in [1.165, 1.54) is 6.33 Å². The van der Waals surface area contributed by atoms with Crippen LogP contribution in [0.25, 0.3) is 0 Å². The van der Waals surface area contributed by atoms with Crippen LogP contribution in [0.15, 0.2) is 36.9 Å². The highest BCUT2D eigenvalue weighted by Crippen LogP contribution is 2.10. The monoisotopic (exact) mass is 299 g/mol. The SMILES string of the molecule is O=C(c1cc(NCc2cccnc2)ncn1)N1CCOCC1. The number of nitrogens with zero attached hydrogens (tertiary/aromatic N) is 4. The van der Waals surface area contributed by atoms with E-state index < -0.39 is 0 Å². The molecule has 1 fully saturated rings. The molecule has 0 spiro atoms. The molecular weight excluding hydrogens is 282 g/mol. The lowest BCUT2D eigenvalue weighted by Crippen LogP contribution is -2.41. The van der Waals surface area contributed by atoms with E-state index in [0.717, 1.165) is 5.56 Å². The van der Waals surface area contributed by atoms with Gasteiger partial charge in [0.15, 0.2) is 0 Å². The van der Waals surface area contributed by atoms with Crippen molar-refractivity contribution in [2.45, 2.75) is 6.54 Å². The highest BCUT2D eigenvalue weighted by atomic mass is 16.5. The molecule has 1 amide bonds. The van der Waals surface area contributed by atoms with Crippen LogP contribution in [0.5, 0.6) is 0 Å². The van der Waals surface area contributed by atoms with Gasteiger partial charge in [-0.1, -0.05) is 6.07 Å². The van der Waals surface area contributed by atoms with Crippen molar-refractivity contribution in [1.29, 1.82) is 0 Å². The zero-order chi connectivity index (χ0) is 15.2. The van der Waals surface area contributed by atoms with E-state index in [1.54, 1.807) is 23.4 Å². The summed E-state index contributed by atoms with van der Waals surface area (Å²) in [6.45, 7) is 2.93. The molecule has 0 aromatic carbocycles. The molecular formula is C15H17N5O2. The predicted octanol–water partition coefficient (Wildman–Crippen LogP) is 0.956. The minimum atomic E-state index is -0.0878. The van der Waals surface area contributed by atoms with Crippen molar-refractivity contribution in [2.75, 3.05) is 31.6 Å². The molecule has 2 aromatic rings. The van der Waals surface area contributed by atoms with Crippen molar-refractivity contribution in [1.82, 2.24) is 19.9 Å². The third kappa shape index (κ3) is 3.56. The fraction of sp³-hybridized carbons (Fsp3) is 0.333. The Hall–Kier alpha value is -2.54. The number of rotatable bonds is 4. The number of hydrogen-bond donors (Lipinski definition) is 1. The van der Waals surface area contributed by atoms with E-state index in [-0.39, 0.29) is 5.91 Å². The van der Waals surface area contributed by atoms with Crippen LogP contribution in [0.1, 0.15) is 16.1 Å². The molecule has 3 rings (SSSR count). The summed E-state index contributed by atoms with van der Waals surface area (Å²) in [5.74, 6) is 0.533. The molecule has 7 heteroatoms. The summed E-state index contributed by atoms with van der Waals surface area (Å²) < 4.78 is 5.25. The van der Waals surface area contributed by atoms with Gasteiger partial charge in [0.25, 0.3) is 5.91 Å². The van der Waals surface area contributed by atoms with Gasteiger partial charge in [0.05, 0.1) is 13.2 Å². The van der Waals surface area contributed by atoms with Gasteiger partial charge in [-0.3, -0.25) is 9.78 Å². The number of pyridine rings is 1. The molecule has 0 saturated carbocycles. The number of amides is 1. The van der Waals surface area contributed by atoms with Crippen LogP contribution in [0, 0.1) is 0 Å². The summed E-state index contributed by atoms with van der Waals surface area (Å²) >= 11 is 0. The van der Waals surface area contributed by atoms with Crippen LogP contribution in [0.2, 0.25) is 0 Å². The van der Waals surface area contributed by atoms with E-state index >= 15 is 0 Å². The Bertz CT molecular complexity index is 629. The van der Waals surface area contributed by atoms with Crippen molar-refractivity contribution in [3.05, 3.63) is 48.2 Å². The van der Waals surface area contributed by atoms with Gasteiger partial charge >= 0.3 is 0 Å². The Morgan fingerprint density at radius 1 is 1.32 bits per heavy atom. The number of ether oxygens (including phenoxy) is 1. The second-order valence-corrected chi connectivity index (χ2v) is 4.91. The second kappa shape index (κ2) is 6.95. The van der Waals surface area contributed by atoms with Gasteiger partial charge in [-0.05, 0) is 11.6 Å². The minimum absolute atomic E-state index is 0.0878. The Kier molecular flexibility index (Phi) is 4.55. The maximum absolute atomic E-state index is 12.4. The molecule has 0 atom stereocenters. The van der Waals surface area contributed by atoms with Crippen molar-refractivity contribution in [3.63, 3.8) is 0 Å². The van der Waals surface area contributed by atoms with Gasteiger partial charge in [0, 0.05) is 38.1 Å². The number of nitrogens with one attached hydrogen (secondary N) is 1. The average Bonchev–Trinajstić information content (AvgIpc) is 2.61. The van der Waals surface area contributed by atoms with E-state index in [9.17, 15) is 4.79 Å². The van der Waals surface area contributed by atoms with Crippen molar-refractivity contribution in [3.8, 4) is 0 Å². The number of hydrogen-bond acceptors (Lipinski definition) is 6. The number of anilines is 1. The summed E-state index contributed by atoms with van der Waals surface area (Å²) in [4.78, 5) is 26.4. The lowest BCUT2D eigenvalue weighted by Gasteiger charge is -2.26. The van der Waals surface area contributed by atoms with E-state index in [2.05, 4.69) is 20.3 Å². The highest BCUT2D eigenvalue weighted by Gasteiger charge is 2.19. The first-order valence-corrected chi connectivity index (χ1v) is 7.15. The predicted molar refractivity (Wildman–Crippen MR) is 80.3 cm³/mol. The van der Waals surface area contributed by atoms with Crippen molar-refractivity contribution >= 4 is 11.7 Å². The Balaban J connectivity index is 1.65. The number of aromatic nitrogens is 3. The smallest absolute Gasteiger partial charge is 0.272 e. The molecule has 1 N–H and O–H groups in total. The Labute approximate surface area is 128 Å². The van der Waals surface area contributed by atoms with Crippen LogP contribution in [0.4, 0.5) is 5.82 Å². The fourth-order valence-electron chi connectivity index (χ4n) is 2.19. The molecule has 22 heavy (non-hydrogen) atoms. The molecule has 1 saturated heterocycles. The molecule has 7 nitrogen and oxygen atoms in total. The van der Waals surface area contributed by atoms with E-state index in [4.69, 9.17) is 4.74 Å². The molecule has 0 bridgehead atoms. The first-order chi connectivity index (χ1) is 10.8. The number of carbonyl (C=O) groups excluding carboxylic acids is 1. The van der Waals surface area contributed by atoms with Crippen LogP contribution < -0.4 is 5.32 Å². The molecule has 2 aromatic heterocycles. The van der Waals surface area contributed by atoms with Gasteiger partial charge in [-0.15, -0.1) is 0 Å². The normalized spacial score (nSPS) is 14.6. The van der Waals surface area contributed by atoms with Gasteiger partial charge in [-0.25, -0.2) is 9.97 Å². The molecule has 3 heterocycles.